The van der Waals surface area contributed by atoms with E-state index in [4.69, 9.17) is 4.74 Å². The van der Waals surface area contributed by atoms with Crippen LogP contribution in [0.5, 0.6) is 0 Å². The average molecular weight is 412 g/mol. The van der Waals surface area contributed by atoms with Gasteiger partial charge < -0.3 is 4.74 Å². The number of benzene rings is 2. The van der Waals surface area contributed by atoms with Gasteiger partial charge in [0.15, 0.2) is 5.78 Å². The van der Waals surface area contributed by atoms with Crippen molar-refractivity contribution in [3.63, 3.8) is 0 Å². The summed E-state index contributed by atoms with van der Waals surface area (Å²) in [7, 11) is 0. The molecule has 0 amide bonds. The minimum Gasteiger partial charge on any atom is -0.462 e. The summed E-state index contributed by atoms with van der Waals surface area (Å²) < 4.78 is 6.97. The number of aromatic nitrogens is 2. The Kier molecular flexibility index (Phi) is 5.94. The van der Waals surface area contributed by atoms with Gasteiger partial charge in [-0.3, -0.25) is 9.36 Å². The minimum absolute atomic E-state index is 0.0637. The van der Waals surface area contributed by atoms with Crippen LogP contribution in [-0.2, 0) is 4.74 Å². The number of para-hydroxylation sites is 1. The molecule has 0 fully saturated rings. The van der Waals surface area contributed by atoms with Crippen LogP contribution in [0.25, 0.3) is 27.8 Å². The average Bonchev–Trinajstić information content (AvgIpc) is 3.15. The molecule has 2 aromatic heterocycles. The molecule has 0 saturated heterocycles. The molecule has 5 nitrogen and oxygen atoms in total. The molecule has 0 saturated carbocycles. The molecule has 156 valence electrons. The number of ketones is 1. The highest BCUT2D eigenvalue weighted by atomic mass is 16.5. The number of Topliss-reactive ketones (excluding diaryl/α,β-unsaturated/α-hetero) is 1. The van der Waals surface area contributed by atoms with Gasteiger partial charge in [0.2, 0.25) is 0 Å². The van der Waals surface area contributed by atoms with Gasteiger partial charge in [0.25, 0.3) is 0 Å². The number of hydrogen-bond acceptors (Lipinski definition) is 4. The molecule has 0 aliphatic heterocycles. The van der Waals surface area contributed by atoms with Gasteiger partial charge >= 0.3 is 5.97 Å². The molecule has 5 heteroatoms. The van der Waals surface area contributed by atoms with Crippen LogP contribution < -0.4 is 0 Å². The smallest absolute Gasteiger partial charge is 0.339 e. The Bertz CT molecular complexity index is 1220. The molecular weight excluding hydrogens is 388 g/mol. The molecule has 31 heavy (non-hydrogen) atoms. The number of nitrogens with zero attached hydrogens (tertiary/aromatic N) is 2. The molecule has 0 bridgehead atoms. The van der Waals surface area contributed by atoms with Crippen molar-refractivity contribution in [3.8, 4) is 16.9 Å². The highest BCUT2D eigenvalue weighted by molar-refractivity contribution is 6.11. The van der Waals surface area contributed by atoms with Crippen LogP contribution in [0.4, 0.5) is 0 Å². The second-order valence-corrected chi connectivity index (χ2v) is 7.24. The van der Waals surface area contributed by atoms with Crippen LogP contribution in [0.15, 0.2) is 72.9 Å². The number of fused-ring (bicyclic) bond motifs is 1. The largest absolute Gasteiger partial charge is 0.462 e. The van der Waals surface area contributed by atoms with E-state index in [9.17, 15) is 9.59 Å². The summed E-state index contributed by atoms with van der Waals surface area (Å²) in [5.74, 6) is 0.242. The van der Waals surface area contributed by atoms with E-state index in [0.29, 0.717) is 30.1 Å². The normalized spacial score (nSPS) is 10.9. The third kappa shape index (κ3) is 3.87. The van der Waals surface area contributed by atoms with Gasteiger partial charge in [-0.2, -0.15) is 0 Å². The Morgan fingerprint density at radius 2 is 1.68 bits per heavy atom. The van der Waals surface area contributed by atoms with Crippen LogP contribution in [0.3, 0.4) is 0 Å². The van der Waals surface area contributed by atoms with Crippen LogP contribution >= 0.6 is 0 Å². The molecule has 0 atom stereocenters. The first-order chi connectivity index (χ1) is 15.2. The van der Waals surface area contributed by atoms with E-state index in [-0.39, 0.29) is 5.78 Å². The monoisotopic (exact) mass is 412 g/mol. The predicted octanol–water partition coefficient (Wildman–Crippen LogP) is 5.85. The first-order valence-electron chi connectivity index (χ1n) is 10.5. The molecule has 0 aliphatic rings. The first-order valence-corrected chi connectivity index (χ1v) is 10.5. The highest BCUT2D eigenvalue weighted by Gasteiger charge is 2.24. The van der Waals surface area contributed by atoms with Gasteiger partial charge in [0.1, 0.15) is 5.82 Å². The van der Waals surface area contributed by atoms with E-state index in [2.05, 4.69) is 4.98 Å². The van der Waals surface area contributed by atoms with Crippen molar-refractivity contribution in [2.45, 2.75) is 26.7 Å². The topological polar surface area (TPSA) is 61.2 Å². The number of hydrogen-bond donors (Lipinski definition) is 0. The van der Waals surface area contributed by atoms with Crippen LogP contribution in [0, 0.1) is 0 Å². The molecule has 0 unspecified atom stereocenters. The number of pyridine rings is 1. The van der Waals surface area contributed by atoms with Gasteiger partial charge in [-0.1, -0.05) is 55.5 Å². The molecule has 2 heterocycles. The Morgan fingerprint density at radius 3 is 2.35 bits per heavy atom. The van der Waals surface area contributed by atoms with Crippen molar-refractivity contribution >= 4 is 22.7 Å². The number of carbonyl (C=O) groups is 2. The zero-order valence-electron chi connectivity index (χ0n) is 17.7. The van der Waals surface area contributed by atoms with E-state index in [1.165, 1.54) is 6.20 Å². The molecule has 4 rings (SSSR count). The molecule has 0 spiro atoms. The first kappa shape index (κ1) is 20.5. The number of rotatable bonds is 7. The summed E-state index contributed by atoms with van der Waals surface area (Å²) in [5, 5.41) is 0.990. The Balaban J connectivity index is 1.98. The highest BCUT2D eigenvalue weighted by Crippen LogP contribution is 2.37. The second-order valence-electron chi connectivity index (χ2n) is 7.24. The fourth-order valence-corrected chi connectivity index (χ4v) is 3.84. The van der Waals surface area contributed by atoms with E-state index >= 15 is 0 Å². The van der Waals surface area contributed by atoms with Crippen molar-refractivity contribution < 1.29 is 14.3 Å². The van der Waals surface area contributed by atoms with Gasteiger partial charge in [-0.25, -0.2) is 9.78 Å². The summed E-state index contributed by atoms with van der Waals surface area (Å²) in [4.78, 5) is 29.9. The lowest BCUT2D eigenvalue weighted by atomic mass is 9.99. The zero-order valence-corrected chi connectivity index (χ0v) is 17.7. The quantitative estimate of drug-likeness (QED) is 0.282. The molecular formula is C26H24N2O3. The maximum atomic E-state index is 13.3. The van der Waals surface area contributed by atoms with Crippen LogP contribution in [-0.4, -0.2) is 27.9 Å². The van der Waals surface area contributed by atoms with E-state index < -0.39 is 5.97 Å². The summed E-state index contributed by atoms with van der Waals surface area (Å²) in [6, 6.07) is 21.4. The molecule has 0 N–H and O–H groups in total. The molecule has 2 aromatic carbocycles. The van der Waals surface area contributed by atoms with Gasteiger partial charge in [0.05, 0.1) is 23.4 Å². The van der Waals surface area contributed by atoms with Crippen LogP contribution in [0.2, 0.25) is 0 Å². The van der Waals surface area contributed by atoms with Crippen molar-refractivity contribution in [2.75, 3.05) is 6.61 Å². The number of ether oxygens (including phenoxy) is 1. The molecule has 0 radical (unpaired) electrons. The Hall–Kier alpha value is -3.73. The Labute approximate surface area is 181 Å². The van der Waals surface area contributed by atoms with Crippen LogP contribution in [0.1, 0.15) is 47.5 Å². The van der Waals surface area contributed by atoms with Gasteiger partial charge in [-0.05, 0) is 37.1 Å². The molecule has 0 aliphatic carbocycles. The van der Waals surface area contributed by atoms with E-state index in [1.807, 2.05) is 66.1 Å². The lowest BCUT2D eigenvalue weighted by Crippen LogP contribution is -2.11. The summed E-state index contributed by atoms with van der Waals surface area (Å²) in [5.41, 5.74) is 3.79. The Morgan fingerprint density at radius 1 is 0.935 bits per heavy atom. The SMILES string of the molecule is CCCC(=O)c1c(-c2ccccc2)c2ccccc2n1-c1ccc(C(=O)OCC)cn1. The summed E-state index contributed by atoms with van der Waals surface area (Å²) >= 11 is 0. The third-order valence-corrected chi connectivity index (χ3v) is 5.17. The predicted molar refractivity (Wildman–Crippen MR) is 122 cm³/mol. The van der Waals surface area contributed by atoms with Gasteiger partial charge in [-0.15, -0.1) is 0 Å². The lowest BCUT2D eigenvalue weighted by molar-refractivity contribution is 0.0525. The lowest BCUT2D eigenvalue weighted by Gasteiger charge is -2.11. The maximum absolute atomic E-state index is 13.3. The number of esters is 1. The molecule has 4 aromatic rings. The van der Waals surface area contributed by atoms with Crippen molar-refractivity contribution in [1.82, 2.24) is 9.55 Å². The standard InChI is InChI=1S/C26H24N2O3/c1-3-10-22(29)25-24(18-11-6-5-7-12-18)20-13-8-9-14-21(20)28(25)23-16-15-19(17-27-23)26(30)31-4-2/h5-9,11-17H,3-4,10H2,1-2H3. The van der Waals surface area contributed by atoms with Crippen molar-refractivity contribution in [3.05, 3.63) is 84.2 Å². The van der Waals surface area contributed by atoms with Gasteiger partial charge in [0, 0.05) is 23.6 Å². The summed E-state index contributed by atoms with van der Waals surface area (Å²) in [6.07, 6.45) is 2.69. The maximum Gasteiger partial charge on any atom is 0.339 e. The number of carbonyl (C=O) groups excluding carboxylic acids is 2. The fraction of sp³-hybridized carbons (Fsp3) is 0.192. The summed E-state index contributed by atoms with van der Waals surface area (Å²) in [6.45, 7) is 4.07. The third-order valence-electron chi connectivity index (χ3n) is 5.17. The fourth-order valence-electron chi connectivity index (χ4n) is 3.84. The minimum atomic E-state index is -0.411. The second kappa shape index (κ2) is 8.96. The zero-order chi connectivity index (χ0) is 21.8. The van der Waals surface area contributed by atoms with Crippen molar-refractivity contribution in [2.24, 2.45) is 0 Å². The van der Waals surface area contributed by atoms with E-state index in [0.717, 1.165) is 28.5 Å². The van der Waals surface area contributed by atoms with E-state index in [1.54, 1.807) is 19.1 Å². The van der Waals surface area contributed by atoms with Crippen molar-refractivity contribution in [1.29, 1.82) is 0 Å².